The number of hydrogen-bond acceptors (Lipinski definition) is 3. The molecular weight excluding hydrogens is 264 g/mol. The van der Waals surface area contributed by atoms with Crippen molar-refractivity contribution in [2.75, 3.05) is 31.6 Å². The maximum atomic E-state index is 12.5. The van der Waals surface area contributed by atoms with Crippen LogP contribution in [-0.4, -0.2) is 32.2 Å². The number of carbonyl (C=O) groups is 1. The van der Waals surface area contributed by atoms with Crippen LogP contribution in [-0.2, 0) is 4.74 Å². The quantitative estimate of drug-likeness (QED) is 0.876. The molecule has 0 atom stereocenters. The van der Waals surface area contributed by atoms with Gasteiger partial charge in [-0.2, -0.15) is 0 Å². The third-order valence-corrected chi connectivity index (χ3v) is 4.16. The Labute approximate surface area is 127 Å². The number of benzene rings is 1. The minimum absolute atomic E-state index is 0.00123. The lowest BCUT2D eigenvalue weighted by Gasteiger charge is -2.33. The molecule has 0 radical (unpaired) electrons. The molecule has 4 nitrogen and oxygen atoms in total. The van der Waals surface area contributed by atoms with Crippen molar-refractivity contribution >= 4 is 11.6 Å². The first-order valence-electron chi connectivity index (χ1n) is 7.74. The van der Waals surface area contributed by atoms with Crippen molar-refractivity contribution in [3.63, 3.8) is 0 Å². The molecule has 1 aromatic carbocycles. The summed E-state index contributed by atoms with van der Waals surface area (Å²) in [5.41, 5.74) is 2.93. The van der Waals surface area contributed by atoms with Crippen LogP contribution >= 0.6 is 0 Å². The largest absolute Gasteiger partial charge is 0.385 e. The van der Waals surface area contributed by atoms with Gasteiger partial charge in [-0.1, -0.05) is 13.0 Å². The van der Waals surface area contributed by atoms with E-state index in [0.717, 1.165) is 49.4 Å². The summed E-state index contributed by atoms with van der Waals surface area (Å²) in [6.45, 7) is 9.38. The van der Waals surface area contributed by atoms with Gasteiger partial charge in [0, 0.05) is 32.0 Å². The lowest BCUT2D eigenvalue weighted by Crippen LogP contribution is -2.39. The zero-order valence-electron chi connectivity index (χ0n) is 13.3. The van der Waals surface area contributed by atoms with Crippen LogP contribution in [0, 0.1) is 12.3 Å². The van der Waals surface area contributed by atoms with E-state index < -0.39 is 0 Å². The average Bonchev–Trinajstić information content (AvgIpc) is 2.46. The zero-order chi connectivity index (χ0) is 15.3. The summed E-state index contributed by atoms with van der Waals surface area (Å²) in [5, 5.41) is 6.36. The first kappa shape index (κ1) is 15.8. The molecule has 116 valence electrons. The number of hydrogen-bond donors (Lipinski definition) is 2. The van der Waals surface area contributed by atoms with Crippen LogP contribution in [0.15, 0.2) is 18.2 Å². The summed E-state index contributed by atoms with van der Waals surface area (Å²) in [4.78, 5) is 12.5. The highest BCUT2D eigenvalue weighted by molar-refractivity contribution is 5.99. The van der Waals surface area contributed by atoms with E-state index in [1.807, 2.05) is 32.0 Å². The van der Waals surface area contributed by atoms with Crippen LogP contribution in [0.3, 0.4) is 0 Å². The molecule has 0 unspecified atom stereocenters. The maximum Gasteiger partial charge on any atom is 0.253 e. The second-order valence-corrected chi connectivity index (χ2v) is 6.19. The van der Waals surface area contributed by atoms with Gasteiger partial charge >= 0.3 is 0 Å². The summed E-state index contributed by atoms with van der Waals surface area (Å²) in [6.07, 6.45) is 2.00. The summed E-state index contributed by atoms with van der Waals surface area (Å²) in [7, 11) is 0. The van der Waals surface area contributed by atoms with E-state index in [0.29, 0.717) is 6.54 Å². The first-order valence-corrected chi connectivity index (χ1v) is 7.74. The topological polar surface area (TPSA) is 50.4 Å². The van der Waals surface area contributed by atoms with Gasteiger partial charge in [0.05, 0.1) is 5.56 Å². The second kappa shape index (κ2) is 6.94. The maximum absolute atomic E-state index is 12.5. The molecule has 0 saturated carbocycles. The Hall–Kier alpha value is -1.55. The molecule has 1 amide bonds. The van der Waals surface area contributed by atoms with Crippen LogP contribution < -0.4 is 10.6 Å². The van der Waals surface area contributed by atoms with E-state index >= 15 is 0 Å². The molecule has 1 fully saturated rings. The van der Waals surface area contributed by atoms with Crippen molar-refractivity contribution in [3.8, 4) is 0 Å². The lowest BCUT2D eigenvalue weighted by atomic mass is 9.82. The van der Waals surface area contributed by atoms with Crippen molar-refractivity contribution < 1.29 is 9.53 Å². The van der Waals surface area contributed by atoms with Gasteiger partial charge in [0.1, 0.15) is 0 Å². The number of rotatable bonds is 5. The highest BCUT2D eigenvalue weighted by Gasteiger charge is 2.28. The second-order valence-electron chi connectivity index (χ2n) is 6.19. The van der Waals surface area contributed by atoms with Crippen LogP contribution in [0.5, 0.6) is 0 Å². The first-order chi connectivity index (χ1) is 10.0. The van der Waals surface area contributed by atoms with Crippen molar-refractivity contribution in [1.29, 1.82) is 0 Å². The SMILES string of the molecule is CCNc1cc(C)ccc1C(=O)NCC1(C)CCOCC1. The average molecular weight is 290 g/mol. The van der Waals surface area contributed by atoms with Gasteiger partial charge < -0.3 is 15.4 Å². The summed E-state index contributed by atoms with van der Waals surface area (Å²) in [5.74, 6) is -0.00123. The van der Waals surface area contributed by atoms with Gasteiger partial charge in [0.2, 0.25) is 0 Å². The standard InChI is InChI=1S/C17H26N2O2/c1-4-18-15-11-13(2)5-6-14(15)16(20)19-12-17(3)7-9-21-10-8-17/h5-6,11,18H,4,7-10,12H2,1-3H3,(H,19,20). The van der Waals surface area contributed by atoms with Crippen LogP contribution in [0.1, 0.15) is 42.6 Å². The van der Waals surface area contributed by atoms with E-state index in [9.17, 15) is 4.79 Å². The Balaban J connectivity index is 2.02. The van der Waals surface area contributed by atoms with Gasteiger partial charge in [-0.25, -0.2) is 0 Å². The number of ether oxygens (including phenoxy) is 1. The smallest absolute Gasteiger partial charge is 0.253 e. The molecule has 0 bridgehead atoms. The van der Waals surface area contributed by atoms with Gasteiger partial charge in [-0.15, -0.1) is 0 Å². The normalized spacial score (nSPS) is 17.3. The zero-order valence-corrected chi connectivity index (χ0v) is 13.3. The van der Waals surface area contributed by atoms with Gasteiger partial charge in [0.25, 0.3) is 5.91 Å². The number of carbonyl (C=O) groups excluding carboxylic acids is 1. The van der Waals surface area contributed by atoms with Crippen LogP contribution in [0.25, 0.3) is 0 Å². The highest BCUT2D eigenvalue weighted by Crippen LogP contribution is 2.29. The summed E-state index contributed by atoms with van der Waals surface area (Å²) < 4.78 is 5.40. The fourth-order valence-corrected chi connectivity index (χ4v) is 2.62. The monoisotopic (exact) mass is 290 g/mol. The van der Waals surface area contributed by atoms with Crippen molar-refractivity contribution in [2.45, 2.75) is 33.6 Å². The molecule has 1 saturated heterocycles. The molecule has 1 aliphatic heterocycles. The molecule has 1 aromatic rings. The van der Waals surface area contributed by atoms with Gasteiger partial charge in [-0.3, -0.25) is 4.79 Å². The molecule has 2 N–H and O–H groups in total. The third-order valence-electron chi connectivity index (χ3n) is 4.16. The third kappa shape index (κ3) is 4.21. The minimum atomic E-state index is -0.00123. The number of amides is 1. The Morgan fingerprint density at radius 3 is 2.71 bits per heavy atom. The molecule has 0 aliphatic carbocycles. The minimum Gasteiger partial charge on any atom is -0.385 e. The number of nitrogens with one attached hydrogen (secondary N) is 2. The molecule has 4 heteroatoms. The Kier molecular flexibility index (Phi) is 5.23. The fourth-order valence-electron chi connectivity index (χ4n) is 2.62. The summed E-state index contributed by atoms with van der Waals surface area (Å²) in [6, 6.07) is 5.90. The van der Waals surface area contributed by atoms with E-state index in [1.165, 1.54) is 0 Å². The van der Waals surface area contributed by atoms with Crippen molar-refractivity contribution in [3.05, 3.63) is 29.3 Å². The highest BCUT2D eigenvalue weighted by atomic mass is 16.5. The van der Waals surface area contributed by atoms with Gasteiger partial charge in [-0.05, 0) is 49.8 Å². The molecule has 0 aromatic heterocycles. The number of aryl methyl sites for hydroxylation is 1. The van der Waals surface area contributed by atoms with E-state index in [1.54, 1.807) is 0 Å². The van der Waals surface area contributed by atoms with E-state index in [2.05, 4.69) is 17.6 Å². The molecule has 2 rings (SSSR count). The van der Waals surface area contributed by atoms with E-state index in [-0.39, 0.29) is 11.3 Å². The summed E-state index contributed by atoms with van der Waals surface area (Å²) >= 11 is 0. The van der Waals surface area contributed by atoms with Gasteiger partial charge in [0.15, 0.2) is 0 Å². The fraction of sp³-hybridized carbons (Fsp3) is 0.588. The lowest BCUT2D eigenvalue weighted by molar-refractivity contribution is 0.0238. The Bertz CT molecular complexity index is 494. The predicted octanol–water partition coefficient (Wildman–Crippen LogP) is 2.97. The van der Waals surface area contributed by atoms with Crippen LogP contribution in [0.4, 0.5) is 5.69 Å². The molecule has 0 spiro atoms. The Morgan fingerprint density at radius 1 is 1.33 bits per heavy atom. The Morgan fingerprint density at radius 2 is 2.05 bits per heavy atom. The molecule has 1 aliphatic rings. The van der Waals surface area contributed by atoms with Crippen molar-refractivity contribution in [1.82, 2.24) is 5.32 Å². The molecule has 1 heterocycles. The molecular formula is C17H26N2O2. The predicted molar refractivity (Wildman–Crippen MR) is 85.8 cm³/mol. The van der Waals surface area contributed by atoms with Crippen molar-refractivity contribution in [2.24, 2.45) is 5.41 Å². The van der Waals surface area contributed by atoms with Crippen LogP contribution in [0.2, 0.25) is 0 Å². The van der Waals surface area contributed by atoms with E-state index in [4.69, 9.17) is 4.74 Å². The number of anilines is 1. The molecule has 21 heavy (non-hydrogen) atoms.